The van der Waals surface area contributed by atoms with Crippen LogP contribution < -0.4 is 5.32 Å². The molecule has 0 aliphatic heterocycles. The molecule has 2 nitrogen and oxygen atoms in total. The third kappa shape index (κ3) is 2.46. The van der Waals surface area contributed by atoms with Crippen molar-refractivity contribution in [2.24, 2.45) is 11.8 Å². The van der Waals surface area contributed by atoms with E-state index in [1.807, 2.05) is 0 Å². The first-order valence-corrected chi connectivity index (χ1v) is 5.23. The molecule has 2 aliphatic rings. The van der Waals surface area contributed by atoms with Crippen molar-refractivity contribution in [2.45, 2.75) is 38.2 Å². The number of aliphatic hydroxyl groups is 1. The maximum Gasteiger partial charge on any atom is 0.0546 e. The van der Waals surface area contributed by atoms with Gasteiger partial charge in [0.1, 0.15) is 0 Å². The van der Waals surface area contributed by atoms with Crippen molar-refractivity contribution in [1.82, 2.24) is 5.32 Å². The van der Waals surface area contributed by atoms with Crippen LogP contribution in [-0.4, -0.2) is 24.3 Å². The van der Waals surface area contributed by atoms with Gasteiger partial charge in [-0.15, -0.1) is 0 Å². The average molecular weight is 169 g/mol. The molecule has 12 heavy (non-hydrogen) atoms. The van der Waals surface area contributed by atoms with Crippen LogP contribution in [-0.2, 0) is 0 Å². The average Bonchev–Trinajstić information content (AvgIpc) is 2.77. The van der Waals surface area contributed by atoms with Crippen molar-refractivity contribution in [3.63, 3.8) is 0 Å². The molecule has 2 rings (SSSR count). The molecule has 0 aromatic rings. The Bertz CT molecular complexity index is 139. The molecule has 2 fully saturated rings. The molecule has 0 unspecified atom stereocenters. The Kier molecular flexibility index (Phi) is 2.66. The van der Waals surface area contributed by atoms with Crippen molar-refractivity contribution in [2.75, 3.05) is 13.1 Å². The van der Waals surface area contributed by atoms with E-state index in [1.54, 1.807) is 0 Å². The fourth-order valence-electron chi connectivity index (χ4n) is 1.89. The number of hydrogen-bond acceptors (Lipinski definition) is 2. The lowest BCUT2D eigenvalue weighted by molar-refractivity contribution is 0.0431. The van der Waals surface area contributed by atoms with Gasteiger partial charge in [-0.3, -0.25) is 0 Å². The van der Waals surface area contributed by atoms with E-state index in [1.165, 1.54) is 25.8 Å². The van der Waals surface area contributed by atoms with Crippen molar-refractivity contribution >= 4 is 0 Å². The van der Waals surface area contributed by atoms with Crippen molar-refractivity contribution < 1.29 is 5.11 Å². The van der Waals surface area contributed by atoms with Crippen LogP contribution in [0.3, 0.4) is 0 Å². The van der Waals surface area contributed by atoms with Gasteiger partial charge in [0.2, 0.25) is 0 Å². The molecule has 0 saturated heterocycles. The first-order chi connectivity index (χ1) is 5.84. The zero-order valence-corrected chi connectivity index (χ0v) is 7.63. The van der Waals surface area contributed by atoms with Gasteiger partial charge >= 0.3 is 0 Å². The standard InChI is InChI=1S/C10H19NO/c12-10-5-9(6-10)7-11-4-3-8-1-2-8/h8-12H,1-7H2. The highest BCUT2D eigenvalue weighted by Crippen LogP contribution is 2.32. The highest BCUT2D eigenvalue weighted by atomic mass is 16.3. The minimum atomic E-state index is 0.0141. The van der Waals surface area contributed by atoms with Crippen molar-refractivity contribution in [3.8, 4) is 0 Å². The van der Waals surface area contributed by atoms with Gasteiger partial charge < -0.3 is 10.4 Å². The van der Waals surface area contributed by atoms with Crippen LogP contribution in [0.4, 0.5) is 0 Å². The Labute approximate surface area is 74.4 Å². The molecule has 0 atom stereocenters. The maximum atomic E-state index is 9.05. The predicted octanol–water partition coefficient (Wildman–Crippen LogP) is 1.15. The summed E-state index contributed by atoms with van der Waals surface area (Å²) in [6.45, 7) is 2.32. The van der Waals surface area contributed by atoms with Crippen LogP contribution in [0.15, 0.2) is 0 Å². The Morgan fingerprint density at radius 3 is 2.50 bits per heavy atom. The smallest absolute Gasteiger partial charge is 0.0546 e. The summed E-state index contributed by atoms with van der Waals surface area (Å²) in [5.41, 5.74) is 0. The molecule has 0 aromatic carbocycles. The molecule has 0 heterocycles. The van der Waals surface area contributed by atoms with E-state index < -0.39 is 0 Å². The highest BCUT2D eigenvalue weighted by Gasteiger charge is 2.26. The monoisotopic (exact) mass is 169 g/mol. The summed E-state index contributed by atoms with van der Waals surface area (Å²) in [6.07, 6.45) is 6.36. The Balaban J connectivity index is 1.41. The third-order valence-corrected chi connectivity index (χ3v) is 3.07. The van der Waals surface area contributed by atoms with Gasteiger partial charge in [0.15, 0.2) is 0 Å². The second-order valence-electron chi connectivity index (χ2n) is 4.43. The number of aliphatic hydroxyl groups excluding tert-OH is 1. The van der Waals surface area contributed by atoms with Crippen LogP contribution in [0.25, 0.3) is 0 Å². The number of hydrogen-bond donors (Lipinski definition) is 2. The minimum absolute atomic E-state index is 0.0141. The second-order valence-corrected chi connectivity index (χ2v) is 4.43. The third-order valence-electron chi connectivity index (χ3n) is 3.07. The summed E-state index contributed by atoms with van der Waals surface area (Å²) >= 11 is 0. The molecule has 0 radical (unpaired) electrons. The lowest BCUT2D eigenvalue weighted by Crippen LogP contribution is -2.36. The van der Waals surface area contributed by atoms with Crippen molar-refractivity contribution in [1.29, 1.82) is 0 Å². The molecule has 70 valence electrons. The first kappa shape index (κ1) is 8.52. The highest BCUT2D eigenvalue weighted by molar-refractivity contribution is 4.80. The van der Waals surface area contributed by atoms with E-state index in [9.17, 15) is 0 Å². The fraction of sp³-hybridized carbons (Fsp3) is 1.00. The van der Waals surface area contributed by atoms with Crippen LogP contribution in [0.2, 0.25) is 0 Å². The molecule has 0 bridgehead atoms. The molecular formula is C10H19NO. The fourth-order valence-corrected chi connectivity index (χ4v) is 1.89. The zero-order chi connectivity index (χ0) is 8.39. The van der Waals surface area contributed by atoms with E-state index >= 15 is 0 Å². The molecule has 2 N–H and O–H groups in total. The maximum absolute atomic E-state index is 9.05. The molecule has 0 amide bonds. The van der Waals surface area contributed by atoms with Gasteiger partial charge in [-0.2, -0.15) is 0 Å². The van der Waals surface area contributed by atoms with E-state index in [0.717, 1.165) is 31.2 Å². The molecular weight excluding hydrogens is 150 g/mol. The van der Waals surface area contributed by atoms with E-state index in [-0.39, 0.29) is 6.10 Å². The molecule has 2 aliphatic carbocycles. The molecule has 0 aromatic heterocycles. The normalized spacial score (nSPS) is 34.8. The van der Waals surface area contributed by atoms with Gasteiger partial charge in [-0.1, -0.05) is 12.8 Å². The van der Waals surface area contributed by atoms with Gasteiger partial charge in [0.25, 0.3) is 0 Å². The van der Waals surface area contributed by atoms with Crippen LogP contribution >= 0.6 is 0 Å². The Morgan fingerprint density at radius 1 is 1.17 bits per heavy atom. The second kappa shape index (κ2) is 3.75. The summed E-state index contributed by atoms with van der Waals surface area (Å²) in [4.78, 5) is 0. The molecule has 0 spiro atoms. The largest absolute Gasteiger partial charge is 0.393 e. The lowest BCUT2D eigenvalue weighted by atomic mass is 9.82. The minimum Gasteiger partial charge on any atom is -0.393 e. The Morgan fingerprint density at radius 2 is 1.92 bits per heavy atom. The quantitative estimate of drug-likeness (QED) is 0.605. The molecule has 2 saturated carbocycles. The topological polar surface area (TPSA) is 32.3 Å². The summed E-state index contributed by atoms with van der Waals surface area (Å²) in [6, 6.07) is 0. The number of rotatable bonds is 5. The summed E-state index contributed by atoms with van der Waals surface area (Å²) in [5.74, 6) is 1.81. The van der Waals surface area contributed by atoms with Gasteiger partial charge in [0.05, 0.1) is 6.10 Å². The summed E-state index contributed by atoms with van der Waals surface area (Å²) in [5, 5.41) is 12.5. The van der Waals surface area contributed by atoms with Crippen LogP contribution in [0.5, 0.6) is 0 Å². The first-order valence-electron chi connectivity index (χ1n) is 5.23. The van der Waals surface area contributed by atoms with Crippen LogP contribution in [0, 0.1) is 11.8 Å². The van der Waals surface area contributed by atoms with E-state index in [0.29, 0.717) is 0 Å². The van der Waals surface area contributed by atoms with E-state index in [2.05, 4.69) is 5.32 Å². The van der Waals surface area contributed by atoms with E-state index in [4.69, 9.17) is 5.11 Å². The SMILES string of the molecule is OC1CC(CNCCC2CC2)C1. The summed E-state index contributed by atoms with van der Waals surface area (Å²) < 4.78 is 0. The Hall–Kier alpha value is -0.0800. The lowest BCUT2D eigenvalue weighted by Gasteiger charge is -2.31. The molecule has 2 heteroatoms. The predicted molar refractivity (Wildman–Crippen MR) is 48.9 cm³/mol. The van der Waals surface area contributed by atoms with Gasteiger partial charge in [-0.25, -0.2) is 0 Å². The van der Waals surface area contributed by atoms with Gasteiger partial charge in [0, 0.05) is 0 Å². The number of nitrogens with one attached hydrogen (secondary N) is 1. The summed E-state index contributed by atoms with van der Waals surface area (Å²) in [7, 11) is 0. The van der Waals surface area contributed by atoms with Gasteiger partial charge in [-0.05, 0) is 44.2 Å². The zero-order valence-electron chi connectivity index (χ0n) is 7.63. The van der Waals surface area contributed by atoms with Crippen LogP contribution in [0.1, 0.15) is 32.1 Å². The van der Waals surface area contributed by atoms with Crippen molar-refractivity contribution in [3.05, 3.63) is 0 Å².